The standard InChI is InChI=1S/C15H24ClNO/c1-4-6-7-11(5-2)15(17)13-10-12(16)8-9-14(13)18-3/h8-11,15H,4-7,17H2,1-3H3. The van der Waals surface area contributed by atoms with E-state index in [0.717, 1.165) is 24.2 Å². The van der Waals surface area contributed by atoms with Crippen LogP contribution >= 0.6 is 11.6 Å². The van der Waals surface area contributed by atoms with E-state index in [9.17, 15) is 0 Å². The number of unbranched alkanes of at least 4 members (excludes halogenated alkanes) is 1. The zero-order chi connectivity index (χ0) is 13.5. The summed E-state index contributed by atoms with van der Waals surface area (Å²) in [6.45, 7) is 4.40. The fourth-order valence-electron chi connectivity index (χ4n) is 2.32. The van der Waals surface area contributed by atoms with Crippen molar-refractivity contribution in [3.63, 3.8) is 0 Å². The third-order valence-corrected chi connectivity index (χ3v) is 3.75. The molecule has 0 saturated carbocycles. The van der Waals surface area contributed by atoms with Crippen molar-refractivity contribution in [3.05, 3.63) is 28.8 Å². The summed E-state index contributed by atoms with van der Waals surface area (Å²) in [5, 5.41) is 0.714. The summed E-state index contributed by atoms with van der Waals surface area (Å²) in [7, 11) is 1.67. The Kier molecular flexibility index (Phi) is 6.51. The molecule has 2 unspecified atom stereocenters. The lowest BCUT2D eigenvalue weighted by molar-refractivity contribution is 0.356. The van der Waals surface area contributed by atoms with Crippen LogP contribution in [0.2, 0.25) is 5.02 Å². The molecule has 0 aliphatic rings. The van der Waals surface area contributed by atoms with Crippen LogP contribution < -0.4 is 10.5 Å². The van der Waals surface area contributed by atoms with Gasteiger partial charge in [-0.3, -0.25) is 0 Å². The van der Waals surface area contributed by atoms with E-state index in [1.165, 1.54) is 12.8 Å². The summed E-state index contributed by atoms with van der Waals surface area (Å²) < 4.78 is 5.38. The molecule has 0 bridgehead atoms. The first kappa shape index (κ1) is 15.3. The second kappa shape index (κ2) is 7.65. The molecule has 3 heteroatoms. The number of nitrogens with two attached hydrogens (primary N) is 1. The van der Waals surface area contributed by atoms with Gasteiger partial charge < -0.3 is 10.5 Å². The molecule has 102 valence electrons. The number of ether oxygens (including phenoxy) is 1. The lowest BCUT2D eigenvalue weighted by Crippen LogP contribution is -2.21. The van der Waals surface area contributed by atoms with Crippen LogP contribution in [0.25, 0.3) is 0 Å². The molecule has 0 saturated heterocycles. The van der Waals surface area contributed by atoms with E-state index in [1.807, 2.05) is 18.2 Å². The Morgan fingerprint density at radius 3 is 2.61 bits per heavy atom. The number of hydrogen-bond donors (Lipinski definition) is 1. The fraction of sp³-hybridized carbons (Fsp3) is 0.600. The number of rotatable bonds is 7. The lowest BCUT2D eigenvalue weighted by Gasteiger charge is -2.24. The maximum absolute atomic E-state index is 6.40. The molecule has 2 nitrogen and oxygen atoms in total. The van der Waals surface area contributed by atoms with Gasteiger partial charge in [0.05, 0.1) is 7.11 Å². The van der Waals surface area contributed by atoms with Gasteiger partial charge in [0, 0.05) is 16.6 Å². The SMILES string of the molecule is CCCCC(CC)C(N)c1cc(Cl)ccc1OC. The van der Waals surface area contributed by atoms with Gasteiger partial charge in [0.2, 0.25) is 0 Å². The quantitative estimate of drug-likeness (QED) is 0.787. The van der Waals surface area contributed by atoms with Gasteiger partial charge in [0.15, 0.2) is 0 Å². The van der Waals surface area contributed by atoms with Crippen molar-refractivity contribution in [2.24, 2.45) is 11.7 Å². The first-order valence-electron chi connectivity index (χ1n) is 6.73. The third-order valence-electron chi connectivity index (χ3n) is 3.51. The van der Waals surface area contributed by atoms with Gasteiger partial charge in [0.25, 0.3) is 0 Å². The summed E-state index contributed by atoms with van der Waals surface area (Å²) in [4.78, 5) is 0. The van der Waals surface area contributed by atoms with E-state index in [1.54, 1.807) is 7.11 Å². The average Bonchev–Trinajstić information content (AvgIpc) is 2.39. The van der Waals surface area contributed by atoms with Gasteiger partial charge >= 0.3 is 0 Å². The first-order chi connectivity index (χ1) is 8.63. The Morgan fingerprint density at radius 2 is 2.06 bits per heavy atom. The number of halogens is 1. The van der Waals surface area contributed by atoms with Crippen LogP contribution in [0.15, 0.2) is 18.2 Å². The zero-order valence-electron chi connectivity index (χ0n) is 11.6. The van der Waals surface area contributed by atoms with Crippen LogP contribution in [0.5, 0.6) is 5.75 Å². The van der Waals surface area contributed by atoms with E-state index in [2.05, 4.69) is 13.8 Å². The molecule has 0 spiro atoms. The average molecular weight is 270 g/mol. The minimum Gasteiger partial charge on any atom is -0.496 e. The normalized spacial score (nSPS) is 14.3. The Hall–Kier alpha value is -0.730. The second-order valence-electron chi connectivity index (χ2n) is 4.72. The monoisotopic (exact) mass is 269 g/mol. The molecule has 0 radical (unpaired) electrons. The van der Waals surface area contributed by atoms with Gasteiger partial charge in [-0.15, -0.1) is 0 Å². The van der Waals surface area contributed by atoms with Crippen molar-refractivity contribution < 1.29 is 4.74 Å². The molecular weight excluding hydrogens is 246 g/mol. The topological polar surface area (TPSA) is 35.2 Å². The highest BCUT2D eigenvalue weighted by Gasteiger charge is 2.20. The maximum Gasteiger partial charge on any atom is 0.123 e. The van der Waals surface area contributed by atoms with E-state index < -0.39 is 0 Å². The summed E-state index contributed by atoms with van der Waals surface area (Å²) in [5.41, 5.74) is 7.42. The highest BCUT2D eigenvalue weighted by atomic mass is 35.5. The second-order valence-corrected chi connectivity index (χ2v) is 5.16. The third kappa shape index (κ3) is 3.89. The van der Waals surface area contributed by atoms with Gasteiger partial charge in [-0.05, 0) is 30.5 Å². The molecule has 0 amide bonds. The molecular formula is C15H24ClNO. The smallest absolute Gasteiger partial charge is 0.123 e. The highest BCUT2D eigenvalue weighted by molar-refractivity contribution is 6.30. The van der Waals surface area contributed by atoms with Crippen LogP contribution in [0.4, 0.5) is 0 Å². The van der Waals surface area contributed by atoms with Gasteiger partial charge in [-0.25, -0.2) is 0 Å². The molecule has 0 aliphatic carbocycles. The lowest BCUT2D eigenvalue weighted by atomic mass is 9.87. The molecule has 0 aromatic heterocycles. The van der Waals surface area contributed by atoms with Crippen LogP contribution in [-0.4, -0.2) is 7.11 Å². The molecule has 18 heavy (non-hydrogen) atoms. The Labute approximate surface area is 115 Å². The van der Waals surface area contributed by atoms with E-state index >= 15 is 0 Å². The van der Waals surface area contributed by atoms with Crippen molar-refractivity contribution in [2.45, 2.75) is 45.6 Å². The largest absolute Gasteiger partial charge is 0.496 e. The molecule has 0 fully saturated rings. The van der Waals surface area contributed by atoms with E-state index in [4.69, 9.17) is 22.1 Å². The summed E-state index contributed by atoms with van der Waals surface area (Å²) in [6, 6.07) is 5.66. The van der Waals surface area contributed by atoms with Gasteiger partial charge in [0.1, 0.15) is 5.75 Å². The van der Waals surface area contributed by atoms with Gasteiger partial charge in [-0.1, -0.05) is 44.7 Å². The maximum atomic E-state index is 6.40. The minimum absolute atomic E-state index is 0.00444. The number of hydrogen-bond acceptors (Lipinski definition) is 2. The van der Waals surface area contributed by atoms with Gasteiger partial charge in [-0.2, -0.15) is 0 Å². The zero-order valence-corrected chi connectivity index (χ0v) is 12.3. The number of benzene rings is 1. The molecule has 2 N–H and O–H groups in total. The van der Waals surface area contributed by atoms with Crippen molar-refractivity contribution >= 4 is 11.6 Å². The Bertz CT molecular complexity index is 368. The van der Waals surface area contributed by atoms with Crippen molar-refractivity contribution in [3.8, 4) is 5.75 Å². The predicted molar refractivity (Wildman–Crippen MR) is 78.2 cm³/mol. The van der Waals surface area contributed by atoms with E-state index in [-0.39, 0.29) is 6.04 Å². The minimum atomic E-state index is -0.00444. The molecule has 2 atom stereocenters. The Balaban J connectivity index is 2.92. The summed E-state index contributed by atoms with van der Waals surface area (Å²) in [5.74, 6) is 1.32. The fourth-order valence-corrected chi connectivity index (χ4v) is 2.50. The molecule has 1 aromatic rings. The molecule has 0 aliphatic heterocycles. The predicted octanol–water partition coefficient (Wildman–Crippen LogP) is 4.56. The summed E-state index contributed by atoms with van der Waals surface area (Å²) in [6.07, 6.45) is 4.66. The number of methoxy groups -OCH3 is 1. The Morgan fingerprint density at radius 1 is 1.33 bits per heavy atom. The van der Waals surface area contributed by atoms with Crippen molar-refractivity contribution in [1.29, 1.82) is 0 Å². The highest BCUT2D eigenvalue weighted by Crippen LogP contribution is 2.34. The molecule has 0 heterocycles. The van der Waals surface area contributed by atoms with Crippen LogP contribution in [0, 0.1) is 5.92 Å². The molecule has 1 aromatic carbocycles. The summed E-state index contributed by atoms with van der Waals surface area (Å²) >= 11 is 6.06. The van der Waals surface area contributed by atoms with Crippen molar-refractivity contribution in [1.82, 2.24) is 0 Å². The van der Waals surface area contributed by atoms with Crippen molar-refractivity contribution in [2.75, 3.05) is 7.11 Å². The first-order valence-corrected chi connectivity index (χ1v) is 7.10. The van der Waals surface area contributed by atoms with Crippen LogP contribution in [-0.2, 0) is 0 Å². The van der Waals surface area contributed by atoms with E-state index in [0.29, 0.717) is 10.9 Å². The molecule has 1 rings (SSSR count). The van der Waals surface area contributed by atoms with Crippen LogP contribution in [0.1, 0.15) is 51.1 Å². The van der Waals surface area contributed by atoms with Crippen LogP contribution in [0.3, 0.4) is 0 Å².